The maximum atomic E-state index is 11.3. The number of nitrogens with two attached hydrogens (primary N) is 1. The van der Waals surface area contributed by atoms with Crippen LogP contribution in [0.5, 0.6) is 0 Å². The van der Waals surface area contributed by atoms with E-state index in [4.69, 9.17) is 10.3 Å². The minimum Gasteiger partial charge on any atom is -0.355 e. The molecule has 6 nitrogen and oxygen atoms in total. The van der Waals surface area contributed by atoms with Crippen molar-refractivity contribution in [1.82, 2.24) is 5.32 Å². The molecule has 0 bridgehead atoms. The fourth-order valence-electron chi connectivity index (χ4n) is 0.887. The molecule has 0 saturated heterocycles. The Morgan fingerprint density at radius 3 is 2.47 bits per heavy atom. The molecule has 0 spiro atoms. The third-order valence-electron chi connectivity index (χ3n) is 1.90. The van der Waals surface area contributed by atoms with E-state index in [9.17, 15) is 13.2 Å². The van der Waals surface area contributed by atoms with Crippen LogP contribution in [0, 0.1) is 5.92 Å². The van der Waals surface area contributed by atoms with Gasteiger partial charge in [0.2, 0.25) is 5.91 Å². The van der Waals surface area contributed by atoms with Crippen LogP contribution in [0.25, 0.3) is 0 Å². The monoisotopic (exact) mass is 239 g/mol. The number of hydrogen-bond donors (Lipinski definition) is 3. The second-order valence-electron chi connectivity index (χ2n) is 3.70. The lowest BCUT2D eigenvalue weighted by Gasteiger charge is -2.14. The number of carbonyl (C=O) groups is 1. The summed E-state index contributed by atoms with van der Waals surface area (Å²) in [6.07, 6.45) is 0.176. The summed E-state index contributed by atoms with van der Waals surface area (Å²) in [5.74, 6) is -0.628. The molecule has 0 saturated carbocycles. The van der Waals surface area contributed by atoms with E-state index in [1.807, 2.05) is 13.8 Å². The molecule has 0 unspecified atom stereocenters. The average molecular weight is 239 g/mol. The quantitative estimate of drug-likeness (QED) is 0.422. The molecule has 0 aliphatic rings. The minimum absolute atomic E-state index is 0.0339. The van der Waals surface area contributed by atoms with Crippen LogP contribution in [0.2, 0.25) is 0 Å². The molecule has 15 heavy (non-hydrogen) atoms. The highest BCUT2D eigenvalue weighted by molar-refractivity contribution is 7.85. The van der Waals surface area contributed by atoms with Gasteiger partial charge in [-0.15, -0.1) is 0 Å². The van der Waals surface area contributed by atoms with Gasteiger partial charge in [-0.1, -0.05) is 13.8 Å². The number of hydrogen-bond acceptors (Lipinski definition) is 4. The van der Waals surface area contributed by atoms with Crippen LogP contribution in [0.4, 0.5) is 0 Å². The van der Waals surface area contributed by atoms with Crippen LogP contribution < -0.4 is 11.1 Å². The van der Waals surface area contributed by atoms with Crippen molar-refractivity contribution in [3.8, 4) is 0 Å². The van der Waals surface area contributed by atoms with Gasteiger partial charge in [-0.25, -0.2) is 0 Å². The molecule has 90 valence electrons. The van der Waals surface area contributed by atoms with Crippen molar-refractivity contribution in [3.63, 3.8) is 0 Å². The summed E-state index contributed by atoms with van der Waals surface area (Å²) in [6, 6.07) is -0.587. The number of amides is 1. The van der Waals surface area contributed by atoms with E-state index in [1.165, 1.54) is 0 Å². The second kappa shape index (κ2) is 6.04. The minimum atomic E-state index is -3.94. The van der Waals surface area contributed by atoms with Crippen LogP contribution in [0.3, 0.4) is 0 Å². The van der Waals surface area contributed by atoms with Crippen molar-refractivity contribution in [3.05, 3.63) is 0 Å². The Hall–Kier alpha value is -0.660. The highest BCUT2D eigenvalue weighted by Gasteiger charge is 2.16. The molecule has 0 aliphatic heterocycles. The van der Waals surface area contributed by atoms with Gasteiger partial charge in [0.15, 0.2) is 0 Å². The Bertz CT molecular complexity index is 300. The van der Waals surface area contributed by atoms with Crippen LogP contribution in [-0.4, -0.2) is 37.2 Å². The molecule has 0 fully saturated rings. The van der Waals surface area contributed by atoms with Gasteiger partial charge in [0.05, 0.1) is 11.8 Å². The van der Waals surface area contributed by atoms with Crippen molar-refractivity contribution in [2.45, 2.75) is 26.3 Å². The molecule has 0 aliphatic carbocycles. The van der Waals surface area contributed by atoms with Gasteiger partial charge < -0.3 is 11.1 Å². The van der Waals surface area contributed by atoms with E-state index in [0.717, 1.165) is 0 Å². The first-order valence-corrected chi connectivity index (χ1v) is 6.33. The molecule has 0 radical (unpaired) electrons. The number of rotatable bonds is 6. The fraction of sp³-hybridized carbons (Fsp3) is 0.875. The van der Waals surface area contributed by atoms with Crippen LogP contribution in [0.1, 0.15) is 20.3 Å². The highest BCUT2D eigenvalue weighted by Crippen LogP contribution is 1.97. The van der Waals surface area contributed by atoms with Gasteiger partial charge in [-0.05, 0) is 12.3 Å². The molecule has 0 aromatic carbocycles. The molecule has 1 atom stereocenters. The Kier molecular flexibility index (Phi) is 5.77. The normalized spacial score (nSPS) is 13.9. The third-order valence-corrected chi connectivity index (χ3v) is 2.70. The zero-order chi connectivity index (χ0) is 12.1. The van der Waals surface area contributed by atoms with Crippen molar-refractivity contribution < 1.29 is 17.8 Å². The molecular formula is C8H18N2O4S. The van der Waals surface area contributed by atoms with Crippen molar-refractivity contribution >= 4 is 16.0 Å². The highest BCUT2D eigenvalue weighted by atomic mass is 32.2. The molecule has 0 aromatic heterocycles. The zero-order valence-electron chi connectivity index (χ0n) is 8.93. The topological polar surface area (TPSA) is 109 Å². The molecule has 1 amide bonds. The summed E-state index contributed by atoms with van der Waals surface area (Å²) in [6.45, 7) is 3.84. The standard InChI is InChI=1S/C8H18N2O4S/c1-6(2)7(9)8(11)10-4-3-5-15(12,13)14/h6-7H,3-5,9H2,1-2H3,(H,10,11)(H,12,13,14)/t7-/m0/s1/i11+1. The summed E-state index contributed by atoms with van der Waals surface area (Å²) in [7, 11) is -3.94. The molecule has 0 aromatic rings. The SMILES string of the molecule is CC(C)[C@H](N)C(=[17O])NCCCS(=O)(=O)O. The van der Waals surface area contributed by atoms with E-state index in [1.54, 1.807) is 0 Å². The Morgan fingerprint density at radius 2 is 2.07 bits per heavy atom. The molecule has 4 N–H and O–H groups in total. The third kappa shape index (κ3) is 7.29. The first-order chi connectivity index (χ1) is 6.74. The first-order valence-electron chi connectivity index (χ1n) is 4.72. The largest absolute Gasteiger partial charge is 0.355 e. The van der Waals surface area contributed by atoms with Gasteiger partial charge in [0.25, 0.3) is 10.1 Å². The van der Waals surface area contributed by atoms with E-state index in [0.29, 0.717) is 0 Å². The van der Waals surface area contributed by atoms with E-state index < -0.39 is 16.2 Å². The molecule has 0 rings (SSSR count). The second-order valence-corrected chi connectivity index (χ2v) is 5.27. The zero-order valence-corrected chi connectivity index (χ0v) is 9.75. The van der Waals surface area contributed by atoms with Crippen molar-refractivity contribution in [2.75, 3.05) is 12.3 Å². The maximum absolute atomic E-state index is 11.3. The van der Waals surface area contributed by atoms with Crippen molar-refractivity contribution in [2.24, 2.45) is 11.7 Å². The Labute approximate surface area is 90.0 Å². The maximum Gasteiger partial charge on any atom is 0.264 e. The summed E-state index contributed by atoms with van der Waals surface area (Å²) in [5, 5.41) is 2.50. The lowest BCUT2D eigenvalue weighted by Crippen LogP contribution is -2.44. The van der Waals surface area contributed by atoms with Gasteiger partial charge in [0, 0.05) is 6.54 Å². The predicted octanol–water partition coefficient (Wildman–Crippen LogP) is -0.636. The predicted molar refractivity (Wildman–Crippen MR) is 56.9 cm³/mol. The number of carbonyl (C=O) groups excluding carboxylic acids is 1. The van der Waals surface area contributed by atoms with Gasteiger partial charge in [-0.3, -0.25) is 9.35 Å². The van der Waals surface area contributed by atoms with Crippen molar-refractivity contribution in [1.29, 1.82) is 0 Å². The first kappa shape index (κ1) is 14.3. The van der Waals surface area contributed by atoms with Gasteiger partial charge in [0.1, 0.15) is 0 Å². The Balaban J connectivity index is 3.74. The van der Waals surface area contributed by atoms with Crippen LogP contribution in [0.15, 0.2) is 0 Å². The lowest BCUT2D eigenvalue weighted by atomic mass is 10.1. The molecule has 7 heteroatoms. The summed E-state index contributed by atoms with van der Waals surface area (Å²) in [5.41, 5.74) is 5.55. The number of nitrogens with one attached hydrogen (secondary N) is 1. The van der Waals surface area contributed by atoms with Gasteiger partial charge in [-0.2, -0.15) is 8.42 Å². The van der Waals surface area contributed by atoms with E-state index in [2.05, 4.69) is 5.32 Å². The smallest absolute Gasteiger partial charge is 0.264 e. The fourth-order valence-corrected chi connectivity index (χ4v) is 1.40. The summed E-state index contributed by atoms with van der Waals surface area (Å²) < 4.78 is 29.1. The Morgan fingerprint density at radius 1 is 1.53 bits per heavy atom. The van der Waals surface area contributed by atoms with E-state index in [-0.39, 0.29) is 30.5 Å². The summed E-state index contributed by atoms with van der Waals surface area (Å²) >= 11 is 0. The lowest BCUT2D eigenvalue weighted by molar-refractivity contribution is -0.123. The molecular weight excluding hydrogens is 221 g/mol. The summed E-state index contributed by atoms with van der Waals surface area (Å²) in [4.78, 5) is 11.3. The molecule has 0 heterocycles. The van der Waals surface area contributed by atoms with Gasteiger partial charge >= 0.3 is 0 Å². The average Bonchev–Trinajstić information content (AvgIpc) is 2.09. The van der Waals surface area contributed by atoms with E-state index >= 15 is 0 Å². The van der Waals surface area contributed by atoms with Crippen LogP contribution >= 0.6 is 0 Å². The van der Waals surface area contributed by atoms with Crippen LogP contribution in [-0.2, 0) is 14.9 Å².